The Hall–Kier alpha value is -2.10. The summed E-state index contributed by atoms with van der Waals surface area (Å²) in [6.07, 6.45) is 1.61. The summed E-state index contributed by atoms with van der Waals surface area (Å²) in [5.74, 6) is 1.22. The fourth-order valence-corrected chi connectivity index (χ4v) is 1.74. The Kier molecular flexibility index (Phi) is 1.83. The van der Waals surface area contributed by atoms with Crippen molar-refractivity contribution in [1.29, 1.82) is 0 Å². The van der Waals surface area contributed by atoms with Gasteiger partial charge in [0.2, 0.25) is 0 Å². The SMILES string of the molecule is Cc1occc1-c1nc2ccc(F)cc2[nH]1. The fourth-order valence-electron chi connectivity index (χ4n) is 1.74. The molecule has 16 heavy (non-hydrogen) atoms. The van der Waals surface area contributed by atoms with Gasteiger partial charge in [-0.1, -0.05) is 0 Å². The molecule has 0 saturated carbocycles. The molecule has 0 aliphatic rings. The molecule has 0 radical (unpaired) electrons. The van der Waals surface area contributed by atoms with E-state index in [1.165, 1.54) is 12.1 Å². The molecule has 0 atom stereocenters. The first-order valence-electron chi connectivity index (χ1n) is 4.94. The molecule has 0 aliphatic heterocycles. The number of aromatic amines is 1. The maximum Gasteiger partial charge on any atom is 0.142 e. The molecule has 3 rings (SSSR count). The van der Waals surface area contributed by atoms with E-state index in [2.05, 4.69) is 9.97 Å². The lowest BCUT2D eigenvalue weighted by molar-refractivity contribution is 0.535. The van der Waals surface area contributed by atoms with E-state index in [9.17, 15) is 4.39 Å². The minimum Gasteiger partial charge on any atom is -0.469 e. The molecule has 1 aromatic carbocycles. The first-order valence-corrected chi connectivity index (χ1v) is 4.94. The molecule has 0 aliphatic carbocycles. The van der Waals surface area contributed by atoms with Crippen LogP contribution in [0.1, 0.15) is 5.76 Å². The van der Waals surface area contributed by atoms with E-state index in [1.54, 1.807) is 12.3 Å². The van der Waals surface area contributed by atoms with Crippen LogP contribution in [-0.4, -0.2) is 9.97 Å². The van der Waals surface area contributed by atoms with E-state index in [0.717, 1.165) is 16.8 Å². The van der Waals surface area contributed by atoms with E-state index in [4.69, 9.17) is 4.42 Å². The zero-order chi connectivity index (χ0) is 11.1. The summed E-state index contributed by atoms with van der Waals surface area (Å²) in [5, 5.41) is 0. The van der Waals surface area contributed by atoms with Crippen LogP contribution in [0.15, 0.2) is 34.9 Å². The van der Waals surface area contributed by atoms with Gasteiger partial charge in [-0.15, -0.1) is 0 Å². The Morgan fingerprint density at radius 2 is 2.19 bits per heavy atom. The van der Waals surface area contributed by atoms with E-state index in [0.29, 0.717) is 11.3 Å². The van der Waals surface area contributed by atoms with Crippen molar-refractivity contribution >= 4 is 11.0 Å². The maximum atomic E-state index is 13.0. The number of fused-ring (bicyclic) bond motifs is 1. The molecule has 3 aromatic rings. The van der Waals surface area contributed by atoms with Gasteiger partial charge >= 0.3 is 0 Å². The number of nitrogens with zero attached hydrogens (tertiary/aromatic N) is 1. The monoisotopic (exact) mass is 216 g/mol. The van der Waals surface area contributed by atoms with Crippen LogP contribution in [0.4, 0.5) is 4.39 Å². The second kappa shape index (κ2) is 3.20. The van der Waals surface area contributed by atoms with Crippen LogP contribution in [0, 0.1) is 12.7 Å². The van der Waals surface area contributed by atoms with Crippen LogP contribution in [-0.2, 0) is 0 Å². The first-order chi connectivity index (χ1) is 7.74. The minimum atomic E-state index is -0.272. The molecule has 0 fully saturated rings. The standard InChI is InChI=1S/C12H9FN2O/c1-7-9(4-5-16-7)12-14-10-3-2-8(13)6-11(10)15-12/h2-6H,1H3,(H,14,15). The van der Waals surface area contributed by atoms with Gasteiger partial charge in [-0.2, -0.15) is 0 Å². The third-order valence-electron chi connectivity index (χ3n) is 2.56. The number of hydrogen-bond acceptors (Lipinski definition) is 2. The lowest BCUT2D eigenvalue weighted by Gasteiger charge is -1.90. The first kappa shape index (κ1) is 9.15. The van der Waals surface area contributed by atoms with Crippen LogP contribution < -0.4 is 0 Å². The molecule has 4 heteroatoms. The van der Waals surface area contributed by atoms with E-state index in [1.807, 2.05) is 13.0 Å². The Morgan fingerprint density at radius 3 is 2.94 bits per heavy atom. The lowest BCUT2D eigenvalue weighted by atomic mass is 10.2. The third kappa shape index (κ3) is 1.31. The van der Waals surface area contributed by atoms with Crippen molar-refractivity contribution in [1.82, 2.24) is 9.97 Å². The average Bonchev–Trinajstić information content (AvgIpc) is 2.82. The highest BCUT2D eigenvalue weighted by molar-refractivity contribution is 5.79. The molecule has 0 spiro atoms. The number of nitrogens with one attached hydrogen (secondary N) is 1. The average molecular weight is 216 g/mol. The number of imidazole rings is 1. The molecular weight excluding hydrogens is 207 g/mol. The summed E-state index contributed by atoms with van der Waals surface area (Å²) in [5.41, 5.74) is 2.34. The molecule has 3 nitrogen and oxygen atoms in total. The minimum absolute atomic E-state index is 0.272. The second-order valence-electron chi connectivity index (χ2n) is 3.64. The van der Waals surface area contributed by atoms with Crippen molar-refractivity contribution in [2.24, 2.45) is 0 Å². The fraction of sp³-hybridized carbons (Fsp3) is 0.0833. The predicted molar refractivity (Wildman–Crippen MR) is 58.5 cm³/mol. The van der Waals surface area contributed by atoms with Gasteiger partial charge in [0, 0.05) is 0 Å². The number of benzene rings is 1. The lowest BCUT2D eigenvalue weighted by Crippen LogP contribution is -1.78. The van der Waals surface area contributed by atoms with Crippen molar-refractivity contribution < 1.29 is 8.81 Å². The number of aryl methyl sites for hydroxylation is 1. The number of rotatable bonds is 1. The molecular formula is C12H9FN2O. The number of halogens is 1. The molecule has 0 saturated heterocycles. The van der Waals surface area contributed by atoms with E-state index in [-0.39, 0.29) is 5.82 Å². The summed E-state index contributed by atoms with van der Waals surface area (Å²) in [7, 11) is 0. The van der Waals surface area contributed by atoms with Gasteiger partial charge in [0.25, 0.3) is 0 Å². The number of aromatic nitrogens is 2. The van der Waals surface area contributed by atoms with Crippen molar-refractivity contribution in [2.75, 3.05) is 0 Å². The van der Waals surface area contributed by atoms with Gasteiger partial charge in [0.1, 0.15) is 17.4 Å². The number of hydrogen-bond donors (Lipinski definition) is 1. The van der Waals surface area contributed by atoms with E-state index >= 15 is 0 Å². The van der Waals surface area contributed by atoms with Gasteiger partial charge in [0.15, 0.2) is 0 Å². The summed E-state index contributed by atoms with van der Waals surface area (Å²) in [4.78, 5) is 7.44. The van der Waals surface area contributed by atoms with Crippen LogP contribution >= 0.6 is 0 Å². The van der Waals surface area contributed by atoms with Gasteiger partial charge in [-0.25, -0.2) is 9.37 Å². The predicted octanol–water partition coefficient (Wildman–Crippen LogP) is 3.27. The van der Waals surface area contributed by atoms with E-state index < -0.39 is 0 Å². The van der Waals surface area contributed by atoms with Crippen LogP contribution in [0.3, 0.4) is 0 Å². The number of H-pyrrole nitrogens is 1. The van der Waals surface area contributed by atoms with Gasteiger partial charge in [0.05, 0.1) is 22.9 Å². The molecule has 0 bridgehead atoms. The van der Waals surface area contributed by atoms with Crippen molar-refractivity contribution in [3.05, 3.63) is 42.1 Å². The maximum absolute atomic E-state index is 13.0. The number of furan rings is 1. The highest BCUT2D eigenvalue weighted by Crippen LogP contribution is 2.24. The second-order valence-corrected chi connectivity index (χ2v) is 3.64. The molecule has 1 N–H and O–H groups in total. The summed E-state index contributed by atoms with van der Waals surface area (Å²) >= 11 is 0. The van der Waals surface area contributed by atoms with Crippen LogP contribution in [0.2, 0.25) is 0 Å². The van der Waals surface area contributed by atoms with Crippen LogP contribution in [0.25, 0.3) is 22.4 Å². The Labute approximate surface area is 90.9 Å². The van der Waals surface area contributed by atoms with Gasteiger partial charge < -0.3 is 9.40 Å². The molecule has 80 valence electrons. The quantitative estimate of drug-likeness (QED) is 0.678. The largest absolute Gasteiger partial charge is 0.469 e. The summed E-state index contributed by atoms with van der Waals surface area (Å²) in [6, 6.07) is 6.32. The van der Waals surface area contributed by atoms with Crippen molar-refractivity contribution in [3.8, 4) is 11.4 Å². The topological polar surface area (TPSA) is 41.8 Å². The summed E-state index contributed by atoms with van der Waals surface area (Å²) in [6.45, 7) is 1.86. The zero-order valence-corrected chi connectivity index (χ0v) is 8.62. The Balaban J connectivity index is 2.23. The molecule has 2 heterocycles. The van der Waals surface area contributed by atoms with Crippen molar-refractivity contribution in [3.63, 3.8) is 0 Å². The summed E-state index contributed by atoms with van der Waals surface area (Å²) < 4.78 is 18.2. The van der Waals surface area contributed by atoms with Crippen molar-refractivity contribution in [2.45, 2.75) is 6.92 Å². The highest BCUT2D eigenvalue weighted by Gasteiger charge is 2.09. The van der Waals surface area contributed by atoms with Gasteiger partial charge in [-0.05, 0) is 31.2 Å². The molecule has 0 amide bonds. The smallest absolute Gasteiger partial charge is 0.142 e. The Morgan fingerprint density at radius 1 is 1.31 bits per heavy atom. The molecule has 0 unspecified atom stereocenters. The zero-order valence-electron chi connectivity index (χ0n) is 8.62. The third-order valence-corrected chi connectivity index (χ3v) is 2.56. The molecule has 2 aromatic heterocycles. The van der Waals surface area contributed by atoms with Gasteiger partial charge in [-0.3, -0.25) is 0 Å². The van der Waals surface area contributed by atoms with Crippen LogP contribution in [0.5, 0.6) is 0 Å². The Bertz CT molecular complexity index is 654. The normalized spacial score (nSPS) is 11.1. The highest BCUT2D eigenvalue weighted by atomic mass is 19.1.